The lowest BCUT2D eigenvalue weighted by atomic mass is 9.79. The van der Waals surface area contributed by atoms with Crippen molar-refractivity contribution < 1.29 is 49.8 Å². The summed E-state index contributed by atoms with van der Waals surface area (Å²) in [6, 6.07) is 5.10. The summed E-state index contributed by atoms with van der Waals surface area (Å²) in [5.41, 5.74) is -1.69. The first-order valence-corrected chi connectivity index (χ1v) is 13.4. The van der Waals surface area contributed by atoms with E-state index in [0.29, 0.717) is 17.0 Å². The summed E-state index contributed by atoms with van der Waals surface area (Å²) in [6.07, 6.45) is -6.12. The van der Waals surface area contributed by atoms with E-state index in [9.17, 15) is 39.9 Å². The summed E-state index contributed by atoms with van der Waals surface area (Å²) in [6.45, 7) is 0.567. The molecule has 39 heavy (non-hydrogen) atoms. The molecule has 2 rings (SSSR count). The molecule has 12 nitrogen and oxygen atoms in total. The number of hydrogen-bond donors (Lipinski definition) is 8. The smallest absolute Gasteiger partial charge is 0.338 e. The number of carbonyl (C=O) groups is 3. The number of unbranched alkanes of at least 4 members (excludes halogenated alkanes) is 3. The Morgan fingerprint density at radius 2 is 1.77 bits per heavy atom. The Bertz CT molecular complexity index is 949. The van der Waals surface area contributed by atoms with E-state index >= 15 is 0 Å². The molecule has 0 spiro atoms. The normalized spacial score (nSPS) is 25.4. The highest BCUT2D eigenvalue weighted by atomic mass is 35.5. The van der Waals surface area contributed by atoms with Crippen molar-refractivity contribution in [3.8, 4) is 0 Å². The second kappa shape index (κ2) is 15.5. The topological polar surface area (TPSA) is 206 Å². The third-order valence-electron chi connectivity index (χ3n) is 6.85. The maximum Gasteiger partial charge on any atom is 0.338 e. The van der Waals surface area contributed by atoms with Gasteiger partial charge in [-0.15, -0.1) is 0 Å². The molecule has 1 unspecified atom stereocenters. The number of aliphatic hydroxyl groups excluding tert-OH is 5. The van der Waals surface area contributed by atoms with Crippen LogP contribution in [-0.2, 0) is 25.5 Å². The van der Waals surface area contributed by atoms with Crippen LogP contribution in [0, 0.1) is 0 Å². The zero-order chi connectivity index (χ0) is 29.2. The lowest BCUT2D eigenvalue weighted by Crippen LogP contribution is -2.70. The summed E-state index contributed by atoms with van der Waals surface area (Å²) >= 11 is 5.84. The Morgan fingerprint density at radius 1 is 1.10 bits per heavy atom. The van der Waals surface area contributed by atoms with Gasteiger partial charge in [-0.1, -0.05) is 56.3 Å². The lowest BCUT2D eigenvalue weighted by Gasteiger charge is -2.48. The van der Waals surface area contributed by atoms with Crippen LogP contribution in [0.25, 0.3) is 0 Å². The molecule has 7 atom stereocenters. The average molecular weight is 575 g/mol. The molecule has 1 aromatic carbocycles. The molecule has 1 saturated heterocycles. The third-order valence-corrected chi connectivity index (χ3v) is 7.10. The first-order valence-electron chi connectivity index (χ1n) is 13.0. The molecule has 0 saturated carbocycles. The van der Waals surface area contributed by atoms with Gasteiger partial charge in [-0.2, -0.15) is 0 Å². The van der Waals surface area contributed by atoms with Crippen LogP contribution in [0.15, 0.2) is 24.3 Å². The SMILES string of the molecule is CCCCCCC(O)[C@]1(C(=O)O)C[C@H](O)[C@@H](NC(=O)CO)[C@H]([C@H](O)[C@H](O)CNC(=O)Cc2ccc(Cl)cc2)O1. The molecular weight excluding hydrogens is 536 g/mol. The number of nitrogens with one attached hydrogen (secondary N) is 2. The molecule has 2 amide bonds. The third kappa shape index (κ3) is 9.10. The van der Waals surface area contributed by atoms with Crippen molar-refractivity contribution in [3.63, 3.8) is 0 Å². The molecule has 0 aliphatic carbocycles. The Labute approximate surface area is 231 Å². The molecular formula is C26H39ClN2O10. The predicted molar refractivity (Wildman–Crippen MR) is 140 cm³/mol. The minimum Gasteiger partial charge on any atom is -0.479 e. The van der Waals surface area contributed by atoms with Crippen LogP contribution in [0.3, 0.4) is 0 Å². The highest BCUT2D eigenvalue weighted by Gasteiger charge is 2.57. The Kier molecular flexibility index (Phi) is 13.0. The highest BCUT2D eigenvalue weighted by Crippen LogP contribution is 2.36. The Hall–Kier alpha value is -2.32. The van der Waals surface area contributed by atoms with Crippen molar-refractivity contribution in [2.45, 2.75) is 94.0 Å². The molecule has 1 fully saturated rings. The molecule has 0 radical (unpaired) electrons. The molecule has 0 bridgehead atoms. The van der Waals surface area contributed by atoms with Crippen molar-refractivity contribution in [1.82, 2.24) is 10.6 Å². The summed E-state index contributed by atoms with van der Waals surface area (Å²) < 4.78 is 5.74. The van der Waals surface area contributed by atoms with Gasteiger partial charge in [0.1, 0.15) is 18.8 Å². The van der Waals surface area contributed by atoms with Gasteiger partial charge >= 0.3 is 5.97 Å². The van der Waals surface area contributed by atoms with Crippen LogP contribution in [0.4, 0.5) is 0 Å². The van der Waals surface area contributed by atoms with Gasteiger partial charge in [-0.25, -0.2) is 4.79 Å². The van der Waals surface area contributed by atoms with E-state index in [1.807, 2.05) is 6.92 Å². The zero-order valence-electron chi connectivity index (χ0n) is 21.8. The van der Waals surface area contributed by atoms with Crippen LogP contribution in [0.5, 0.6) is 0 Å². The number of carbonyl (C=O) groups excluding carboxylic acids is 2. The Morgan fingerprint density at radius 3 is 2.36 bits per heavy atom. The van der Waals surface area contributed by atoms with Gasteiger partial charge in [0.2, 0.25) is 11.8 Å². The summed E-state index contributed by atoms with van der Waals surface area (Å²) in [5.74, 6) is -3.01. The van der Waals surface area contributed by atoms with Crippen LogP contribution >= 0.6 is 11.6 Å². The van der Waals surface area contributed by atoms with Crippen LogP contribution < -0.4 is 10.6 Å². The number of carboxylic acids is 1. The first-order chi connectivity index (χ1) is 18.4. The number of ether oxygens (including phenoxy) is 1. The van der Waals surface area contributed by atoms with Gasteiger partial charge in [-0.3, -0.25) is 9.59 Å². The fraction of sp³-hybridized carbons (Fsp3) is 0.654. The number of amides is 2. The monoisotopic (exact) mass is 574 g/mol. The maximum absolute atomic E-state index is 12.4. The van der Waals surface area contributed by atoms with Crippen molar-refractivity contribution in [3.05, 3.63) is 34.9 Å². The molecule has 0 aromatic heterocycles. The molecule has 13 heteroatoms. The number of aliphatic hydroxyl groups is 5. The van der Waals surface area contributed by atoms with Crippen LogP contribution in [0.2, 0.25) is 5.02 Å². The minimum atomic E-state index is -2.34. The Balaban J connectivity index is 2.19. The number of carboxylic acid groups (broad SMARTS) is 1. The lowest BCUT2D eigenvalue weighted by molar-refractivity contribution is -0.251. The van der Waals surface area contributed by atoms with E-state index in [1.54, 1.807) is 24.3 Å². The van der Waals surface area contributed by atoms with E-state index < -0.39 is 79.5 Å². The molecule has 1 aromatic rings. The van der Waals surface area contributed by atoms with Gasteiger partial charge in [0, 0.05) is 18.0 Å². The summed E-state index contributed by atoms with van der Waals surface area (Å²) in [4.78, 5) is 36.6. The predicted octanol–water partition coefficient (Wildman–Crippen LogP) is -0.498. The minimum absolute atomic E-state index is 0.0405. The quantitative estimate of drug-likeness (QED) is 0.126. The van der Waals surface area contributed by atoms with E-state index in [4.69, 9.17) is 21.4 Å². The molecule has 1 aliphatic heterocycles. The van der Waals surface area contributed by atoms with Gasteiger partial charge < -0.3 is 46.0 Å². The van der Waals surface area contributed by atoms with E-state index in [0.717, 1.165) is 19.3 Å². The van der Waals surface area contributed by atoms with Crippen molar-refractivity contribution in [2.75, 3.05) is 13.2 Å². The summed E-state index contributed by atoms with van der Waals surface area (Å²) in [7, 11) is 0. The molecule has 1 aliphatic rings. The number of hydrogen-bond acceptors (Lipinski definition) is 9. The molecule has 220 valence electrons. The number of halogens is 1. The summed E-state index contributed by atoms with van der Waals surface area (Å²) in [5, 5.41) is 67.7. The van der Waals surface area contributed by atoms with E-state index in [2.05, 4.69) is 10.6 Å². The zero-order valence-corrected chi connectivity index (χ0v) is 22.6. The number of aliphatic carboxylic acids is 1. The van der Waals surface area contributed by atoms with Crippen LogP contribution in [0.1, 0.15) is 51.0 Å². The van der Waals surface area contributed by atoms with Gasteiger partial charge in [0.15, 0.2) is 5.60 Å². The largest absolute Gasteiger partial charge is 0.479 e. The highest BCUT2D eigenvalue weighted by molar-refractivity contribution is 6.30. The number of benzene rings is 1. The van der Waals surface area contributed by atoms with Crippen molar-refractivity contribution in [1.29, 1.82) is 0 Å². The standard InChI is InChI=1S/C26H39ClN2O10/c1-2-3-4-5-6-19(33)26(25(37)38)12-17(31)22(29-21(35)14-30)24(39-26)23(36)18(32)13-28-20(34)11-15-7-9-16(27)10-8-15/h7-10,17-19,22-24,30-33,36H,2-6,11-14H2,1H3,(H,28,34)(H,29,35)(H,37,38)/t17-,18+,19?,22+,23+,24+,26-/m0/s1. The van der Waals surface area contributed by atoms with Crippen molar-refractivity contribution >= 4 is 29.4 Å². The van der Waals surface area contributed by atoms with Gasteiger partial charge in [0.25, 0.3) is 0 Å². The fourth-order valence-electron chi connectivity index (χ4n) is 4.61. The molecule has 1 heterocycles. The fourth-order valence-corrected chi connectivity index (χ4v) is 4.74. The second-order valence-corrected chi connectivity index (χ2v) is 10.3. The second-order valence-electron chi connectivity index (χ2n) is 9.83. The van der Waals surface area contributed by atoms with Crippen molar-refractivity contribution in [2.24, 2.45) is 0 Å². The molecule has 8 N–H and O–H groups in total. The van der Waals surface area contributed by atoms with E-state index in [1.165, 1.54) is 0 Å². The number of rotatable bonds is 15. The van der Waals surface area contributed by atoms with Gasteiger partial charge in [-0.05, 0) is 24.1 Å². The van der Waals surface area contributed by atoms with Crippen LogP contribution in [-0.4, -0.2) is 104 Å². The maximum atomic E-state index is 12.4. The first kappa shape index (κ1) is 32.9. The van der Waals surface area contributed by atoms with Gasteiger partial charge in [0.05, 0.1) is 30.8 Å². The average Bonchev–Trinajstić information content (AvgIpc) is 2.91. The van der Waals surface area contributed by atoms with E-state index in [-0.39, 0.29) is 12.8 Å².